The van der Waals surface area contributed by atoms with Gasteiger partial charge in [0, 0.05) is 30.2 Å². The van der Waals surface area contributed by atoms with Crippen LogP contribution in [0.2, 0.25) is 0 Å². The van der Waals surface area contributed by atoms with E-state index in [1.54, 1.807) is 12.3 Å². The summed E-state index contributed by atoms with van der Waals surface area (Å²) in [6.07, 6.45) is 5.04. The Morgan fingerprint density at radius 1 is 1.10 bits per heavy atom. The fraction of sp³-hybridized carbons (Fsp3) is 0.429. The number of aromatic nitrogens is 3. The van der Waals surface area contributed by atoms with E-state index < -0.39 is 11.6 Å². The van der Waals surface area contributed by atoms with E-state index in [1.807, 2.05) is 0 Å². The summed E-state index contributed by atoms with van der Waals surface area (Å²) in [5.74, 6) is -1.95. The van der Waals surface area contributed by atoms with Gasteiger partial charge in [-0.25, -0.2) is 18.7 Å². The lowest BCUT2D eigenvalue weighted by molar-refractivity contribution is -0.117. The van der Waals surface area contributed by atoms with Gasteiger partial charge in [0.25, 0.3) is 0 Å². The third-order valence-electron chi connectivity index (χ3n) is 7.33. The lowest BCUT2D eigenvalue weighted by atomic mass is 9.92. The van der Waals surface area contributed by atoms with Crippen molar-refractivity contribution in [3.8, 4) is 22.8 Å². The number of hydrogen-bond acceptors (Lipinski definition) is 9. The fourth-order valence-electron chi connectivity index (χ4n) is 5.21. The number of benzene rings is 1. The summed E-state index contributed by atoms with van der Waals surface area (Å²) in [4.78, 5) is 26.0. The molecule has 2 saturated heterocycles. The number of anilines is 1. The topological polar surface area (TPSA) is 120 Å². The van der Waals surface area contributed by atoms with Crippen LogP contribution >= 0.6 is 0 Å². The molecule has 0 aliphatic carbocycles. The van der Waals surface area contributed by atoms with E-state index in [9.17, 15) is 4.79 Å². The Morgan fingerprint density at radius 2 is 1.82 bits per heavy atom. The zero-order chi connectivity index (χ0) is 28.2. The first kappa shape index (κ1) is 27.7. The van der Waals surface area contributed by atoms with Gasteiger partial charge in [-0.05, 0) is 44.5 Å². The first-order valence-corrected chi connectivity index (χ1v) is 13.2. The molecule has 5 rings (SSSR count). The van der Waals surface area contributed by atoms with E-state index in [1.165, 1.54) is 26.4 Å². The fourth-order valence-corrected chi connectivity index (χ4v) is 5.21. The van der Waals surface area contributed by atoms with Crippen LogP contribution in [0, 0.1) is 11.6 Å². The molecule has 2 aliphatic heterocycles. The maximum atomic E-state index is 15.4. The highest BCUT2D eigenvalue weighted by atomic mass is 19.1. The zero-order valence-corrected chi connectivity index (χ0v) is 22.4. The molecule has 12 heteroatoms. The van der Waals surface area contributed by atoms with Crippen LogP contribution < -0.4 is 25.4 Å². The van der Waals surface area contributed by atoms with Crippen molar-refractivity contribution in [1.29, 1.82) is 0 Å². The summed E-state index contributed by atoms with van der Waals surface area (Å²) < 4.78 is 46.7. The lowest BCUT2D eigenvalue weighted by Gasteiger charge is -2.32. The Morgan fingerprint density at radius 3 is 2.50 bits per heavy atom. The van der Waals surface area contributed by atoms with Crippen molar-refractivity contribution in [3.05, 3.63) is 48.3 Å². The minimum Gasteiger partial charge on any atom is -0.494 e. The molecule has 1 aromatic carbocycles. The van der Waals surface area contributed by atoms with Crippen LogP contribution in [0.3, 0.4) is 0 Å². The standard InChI is InChI=1S/C28H32F2N6O4/c1-4-22(37)33-17-7-10-40-14-19(17)35-28-32-13-16-11-18(23-24(29)20(38-2)12-21(39-3)25(23)30)34-26(27(16)36-28)15-5-8-31-9-6-15/h4,11-13,15,17,19,31H,1,5-10,14H2,2-3H3,(H,33,37)(H,32,35,36)/t17-,19+/m0/s1. The molecule has 212 valence electrons. The number of methoxy groups -OCH3 is 2. The van der Waals surface area contributed by atoms with Crippen LogP contribution in [0.15, 0.2) is 31.0 Å². The number of carbonyl (C=O) groups is 1. The van der Waals surface area contributed by atoms with Gasteiger partial charge in [0.1, 0.15) is 0 Å². The highest BCUT2D eigenvalue weighted by Gasteiger charge is 2.29. The number of pyridine rings is 1. The Bertz CT molecular complexity index is 1390. The molecule has 0 bridgehead atoms. The number of rotatable bonds is 8. The van der Waals surface area contributed by atoms with Crippen molar-refractivity contribution >= 4 is 22.8 Å². The van der Waals surface area contributed by atoms with Crippen LogP contribution in [0.25, 0.3) is 22.2 Å². The largest absolute Gasteiger partial charge is 0.494 e. The number of ether oxygens (including phenoxy) is 3. The van der Waals surface area contributed by atoms with Crippen LogP contribution in [-0.2, 0) is 9.53 Å². The number of nitrogens with zero attached hydrogens (tertiary/aromatic N) is 3. The van der Waals surface area contributed by atoms with E-state index in [0.29, 0.717) is 42.2 Å². The number of halogens is 2. The minimum absolute atomic E-state index is 0.0164. The molecule has 0 unspecified atom stereocenters. The first-order chi connectivity index (χ1) is 19.4. The molecule has 10 nitrogen and oxygen atoms in total. The highest BCUT2D eigenvalue weighted by molar-refractivity contribution is 5.87. The molecular weight excluding hydrogens is 522 g/mol. The molecule has 2 aliphatic rings. The minimum atomic E-state index is -0.868. The van der Waals surface area contributed by atoms with Gasteiger partial charge in [-0.3, -0.25) is 9.78 Å². The van der Waals surface area contributed by atoms with Gasteiger partial charge in [0.15, 0.2) is 23.1 Å². The van der Waals surface area contributed by atoms with Gasteiger partial charge in [0.05, 0.1) is 55.4 Å². The van der Waals surface area contributed by atoms with E-state index in [0.717, 1.165) is 25.9 Å². The Kier molecular flexibility index (Phi) is 8.36. The van der Waals surface area contributed by atoms with E-state index >= 15 is 8.78 Å². The van der Waals surface area contributed by atoms with Gasteiger partial charge in [-0.1, -0.05) is 6.58 Å². The van der Waals surface area contributed by atoms with Crippen LogP contribution in [0.5, 0.6) is 11.5 Å². The smallest absolute Gasteiger partial charge is 0.243 e. The predicted molar refractivity (Wildman–Crippen MR) is 146 cm³/mol. The molecule has 2 aromatic heterocycles. The molecule has 2 fully saturated rings. The summed E-state index contributed by atoms with van der Waals surface area (Å²) >= 11 is 0. The van der Waals surface area contributed by atoms with Crippen molar-refractivity contribution in [2.75, 3.05) is 45.8 Å². The van der Waals surface area contributed by atoms with Crippen LogP contribution in [-0.4, -0.2) is 73.5 Å². The molecule has 2 atom stereocenters. The second-order valence-corrected chi connectivity index (χ2v) is 9.77. The number of fused-ring (bicyclic) bond motifs is 1. The number of amides is 1. The van der Waals surface area contributed by atoms with Gasteiger partial charge < -0.3 is 30.2 Å². The molecule has 1 amide bonds. The highest BCUT2D eigenvalue weighted by Crippen LogP contribution is 2.39. The maximum Gasteiger partial charge on any atom is 0.243 e. The third-order valence-corrected chi connectivity index (χ3v) is 7.33. The maximum absolute atomic E-state index is 15.4. The summed E-state index contributed by atoms with van der Waals surface area (Å²) in [7, 11) is 2.61. The Hall–Kier alpha value is -3.90. The first-order valence-electron chi connectivity index (χ1n) is 13.2. The molecule has 4 heterocycles. The third kappa shape index (κ3) is 5.54. The normalized spacial score (nSPS) is 19.7. The predicted octanol–water partition coefficient (Wildman–Crippen LogP) is 3.33. The zero-order valence-electron chi connectivity index (χ0n) is 22.4. The van der Waals surface area contributed by atoms with Crippen LogP contribution in [0.1, 0.15) is 30.9 Å². The van der Waals surface area contributed by atoms with Crippen molar-refractivity contribution < 1.29 is 27.8 Å². The Balaban J connectivity index is 1.59. The monoisotopic (exact) mass is 554 g/mol. The van der Waals surface area contributed by atoms with E-state index in [2.05, 4.69) is 27.5 Å². The molecule has 3 N–H and O–H groups in total. The number of piperidine rings is 1. The van der Waals surface area contributed by atoms with Gasteiger partial charge in [-0.2, -0.15) is 0 Å². The van der Waals surface area contributed by atoms with Crippen LogP contribution in [0.4, 0.5) is 14.7 Å². The van der Waals surface area contributed by atoms with Gasteiger partial charge >= 0.3 is 0 Å². The second kappa shape index (κ2) is 12.1. The average molecular weight is 555 g/mol. The van der Waals surface area contributed by atoms with Crippen molar-refractivity contribution in [2.24, 2.45) is 0 Å². The second-order valence-electron chi connectivity index (χ2n) is 9.77. The molecular formula is C28H32F2N6O4. The lowest BCUT2D eigenvalue weighted by Crippen LogP contribution is -2.52. The Labute approximate surface area is 230 Å². The molecule has 0 radical (unpaired) electrons. The van der Waals surface area contributed by atoms with Crippen molar-refractivity contribution in [3.63, 3.8) is 0 Å². The molecule has 3 aromatic rings. The summed E-state index contributed by atoms with van der Waals surface area (Å²) in [5.41, 5.74) is 0.990. The van der Waals surface area contributed by atoms with Crippen molar-refractivity contribution in [2.45, 2.75) is 37.3 Å². The van der Waals surface area contributed by atoms with Crippen molar-refractivity contribution in [1.82, 2.24) is 25.6 Å². The summed E-state index contributed by atoms with van der Waals surface area (Å²) in [6, 6.07) is 2.28. The quantitative estimate of drug-likeness (QED) is 0.360. The summed E-state index contributed by atoms with van der Waals surface area (Å²) in [5, 5.41) is 10.1. The molecule has 40 heavy (non-hydrogen) atoms. The number of nitrogens with one attached hydrogen (secondary N) is 3. The van der Waals surface area contributed by atoms with Gasteiger partial charge in [0.2, 0.25) is 11.9 Å². The average Bonchev–Trinajstić information content (AvgIpc) is 2.98. The number of carbonyl (C=O) groups excluding carboxylic acids is 1. The number of hydrogen-bond donors (Lipinski definition) is 3. The van der Waals surface area contributed by atoms with Gasteiger partial charge in [-0.15, -0.1) is 0 Å². The molecule has 0 saturated carbocycles. The van der Waals surface area contributed by atoms with E-state index in [4.69, 9.17) is 24.2 Å². The molecule has 0 spiro atoms. The summed E-state index contributed by atoms with van der Waals surface area (Å²) in [6.45, 7) is 5.97. The SMILES string of the molecule is C=CC(=O)N[C@H]1CCOC[C@H]1Nc1ncc2cc(-c3c(F)c(OC)cc(OC)c3F)nc(C3CCNCC3)c2n1. The van der Waals surface area contributed by atoms with E-state index in [-0.39, 0.29) is 46.7 Å².